The molecule has 1 heterocycles. The van der Waals surface area contributed by atoms with Crippen LogP contribution >= 0.6 is 11.6 Å². The van der Waals surface area contributed by atoms with Crippen molar-refractivity contribution in [1.82, 2.24) is 10.3 Å². The van der Waals surface area contributed by atoms with Gasteiger partial charge in [-0.3, -0.25) is 9.59 Å². The van der Waals surface area contributed by atoms with E-state index in [9.17, 15) is 14.7 Å². The lowest BCUT2D eigenvalue weighted by atomic mass is 10.1. The Bertz CT molecular complexity index is 677. The third-order valence-electron chi connectivity index (χ3n) is 3.25. The first kappa shape index (κ1) is 16.9. The van der Waals surface area contributed by atoms with Crippen LogP contribution in [0.5, 0.6) is 0 Å². The number of hydrogen-bond donors (Lipinski definition) is 3. The van der Waals surface area contributed by atoms with Crippen molar-refractivity contribution in [3.63, 3.8) is 0 Å². The van der Waals surface area contributed by atoms with E-state index in [2.05, 4.69) is 10.3 Å². The van der Waals surface area contributed by atoms with E-state index in [-0.39, 0.29) is 6.42 Å². The molecule has 0 aliphatic carbocycles. The summed E-state index contributed by atoms with van der Waals surface area (Å²) in [5, 5.41) is 12.8. The summed E-state index contributed by atoms with van der Waals surface area (Å²) < 4.78 is 0. The Kier molecular flexibility index (Phi) is 5.67. The van der Waals surface area contributed by atoms with Gasteiger partial charge in [-0.1, -0.05) is 48.0 Å². The summed E-state index contributed by atoms with van der Waals surface area (Å²) in [6, 6.07) is 10.7. The van der Waals surface area contributed by atoms with Gasteiger partial charge >= 0.3 is 0 Å². The van der Waals surface area contributed by atoms with Gasteiger partial charge in [0.2, 0.25) is 5.91 Å². The van der Waals surface area contributed by atoms with Crippen LogP contribution in [0.4, 0.5) is 0 Å². The smallest absolute Gasteiger partial charge is 0.254 e. The van der Waals surface area contributed by atoms with Gasteiger partial charge in [0.25, 0.3) is 5.91 Å². The molecule has 0 saturated carbocycles. The number of carbonyl (C=O) groups excluding carboxylic acids is 2. The van der Waals surface area contributed by atoms with Gasteiger partial charge in [0, 0.05) is 12.6 Å². The van der Waals surface area contributed by atoms with Crippen molar-refractivity contribution in [1.29, 1.82) is 0 Å². The molecule has 1 aromatic carbocycles. The minimum Gasteiger partial charge on any atom is -0.378 e. The highest BCUT2D eigenvalue weighted by Gasteiger charge is 2.24. The number of aromatic nitrogens is 1. The fourth-order valence-corrected chi connectivity index (χ4v) is 2.13. The van der Waals surface area contributed by atoms with Crippen molar-refractivity contribution in [2.24, 2.45) is 5.73 Å². The minimum atomic E-state index is -1.37. The molecule has 2 atom stereocenters. The normalized spacial score (nSPS) is 13.1. The van der Waals surface area contributed by atoms with Gasteiger partial charge in [0.15, 0.2) is 6.10 Å². The van der Waals surface area contributed by atoms with Gasteiger partial charge in [-0.2, -0.15) is 0 Å². The molecule has 0 saturated heterocycles. The summed E-state index contributed by atoms with van der Waals surface area (Å²) >= 11 is 5.70. The standard InChI is InChI=1S/C16H16ClN3O3/c17-13-7-6-10(9-19-13)8-12(15(18)22)20-16(23)14(21)11-4-2-1-3-5-11/h1-7,9,12,14,21H,8H2,(H2,18,22)(H,20,23)/t12-,14+/m1/s1. The van der Waals surface area contributed by atoms with Crippen LogP contribution in [-0.2, 0) is 16.0 Å². The van der Waals surface area contributed by atoms with Crippen molar-refractivity contribution in [2.45, 2.75) is 18.6 Å². The van der Waals surface area contributed by atoms with Crippen LogP contribution in [0.15, 0.2) is 48.7 Å². The van der Waals surface area contributed by atoms with Crippen LogP contribution in [0, 0.1) is 0 Å². The van der Waals surface area contributed by atoms with Crippen LogP contribution < -0.4 is 11.1 Å². The Balaban J connectivity index is 2.05. The molecule has 0 fully saturated rings. The molecule has 4 N–H and O–H groups in total. The van der Waals surface area contributed by atoms with Crippen LogP contribution in [-0.4, -0.2) is 27.9 Å². The van der Waals surface area contributed by atoms with Crippen molar-refractivity contribution < 1.29 is 14.7 Å². The fourth-order valence-electron chi connectivity index (χ4n) is 2.02. The number of aliphatic hydroxyl groups is 1. The molecule has 120 valence electrons. The predicted octanol–water partition coefficient (Wildman–Crippen LogP) is 0.981. The Hall–Kier alpha value is -2.44. The highest BCUT2D eigenvalue weighted by atomic mass is 35.5. The third-order valence-corrected chi connectivity index (χ3v) is 3.48. The molecule has 7 heteroatoms. The minimum absolute atomic E-state index is 0.159. The Labute approximate surface area is 138 Å². The summed E-state index contributed by atoms with van der Waals surface area (Å²) in [6.45, 7) is 0. The van der Waals surface area contributed by atoms with E-state index >= 15 is 0 Å². The quantitative estimate of drug-likeness (QED) is 0.685. The molecule has 0 spiro atoms. The molecule has 2 amide bonds. The number of benzene rings is 1. The zero-order chi connectivity index (χ0) is 16.8. The second-order valence-electron chi connectivity index (χ2n) is 4.97. The average molecular weight is 334 g/mol. The lowest BCUT2D eigenvalue weighted by Crippen LogP contribution is -2.47. The highest BCUT2D eigenvalue weighted by Crippen LogP contribution is 2.13. The average Bonchev–Trinajstić information content (AvgIpc) is 2.56. The van der Waals surface area contributed by atoms with Gasteiger partial charge in [-0.25, -0.2) is 4.98 Å². The topological polar surface area (TPSA) is 105 Å². The molecule has 2 aromatic rings. The summed E-state index contributed by atoms with van der Waals surface area (Å²) in [6.07, 6.45) is 0.284. The SMILES string of the molecule is NC(=O)[C@@H](Cc1ccc(Cl)nc1)NC(=O)[C@@H](O)c1ccccc1. The molecule has 0 unspecified atom stereocenters. The largest absolute Gasteiger partial charge is 0.378 e. The van der Waals surface area contributed by atoms with Gasteiger partial charge in [0.05, 0.1) is 0 Å². The number of nitrogens with two attached hydrogens (primary N) is 1. The van der Waals surface area contributed by atoms with E-state index in [0.29, 0.717) is 16.3 Å². The summed E-state index contributed by atoms with van der Waals surface area (Å²) in [4.78, 5) is 27.5. The zero-order valence-corrected chi connectivity index (χ0v) is 12.9. The molecule has 2 rings (SSSR count). The predicted molar refractivity (Wildman–Crippen MR) is 85.5 cm³/mol. The molecule has 23 heavy (non-hydrogen) atoms. The number of aliphatic hydroxyl groups excluding tert-OH is 1. The monoisotopic (exact) mass is 333 g/mol. The van der Waals surface area contributed by atoms with E-state index in [1.54, 1.807) is 42.5 Å². The maximum Gasteiger partial charge on any atom is 0.254 e. The molecule has 0 bridgehead atoms. The first-order valence-electron chi connectivity index (χ1n) is 6.90. The molecule has 0 aliphatic rings. The summed E-state index contributed by atoms with van der Waals surface area (Å²) in [5.41, 5.74) is 6.44. The number of nitrogens with one attached hydrogen (secondary N) is 1. The lowest BCUT2D eigenvalue weighted by molar-refractivity contribution is -0.133. The van der Waals surface area contributed by atoms with Crippen LogP contribution in [0.1, 0.15) is 17.2 Å². The molecular weight excluding hydrogens is 318 g/mol. The van der Waals surface area contributed by atoms with Crippen LogP contribution in [0.3, 0.4) is 0 Å². The highest BCUT2D eigenvalue weighted by molar-refractivity contribution is 6.29. The van der Waals surface area contributed by atoms with E-state index in [0.717, 1.165) is 0 Å². The van der Waals surface area contributed by atoms with E-state index in [4.69, 9.17) is 17.3 Å². The molecule has 0 aliphatic heterocycles. The number of primary amides is 1. The van der Waals surface area contributed by atoms with Crippen molar-refractivity contribution in [3.05, 3.63) is 64.9 Å². The molecule has 1 aromatic heterocycles. The van der Waals surface area contributed by atoms with Gasteiger partial charge in [-0.15, -0.1) is 0 Å². The zero-order valence-electron chi connectivity index (χ0n) is 12.1. The summed E-state index contributed by atoms with van der Waals surface area (Å²) in [5.74, 6) is -1.39. The number of nitrogens with zero attached hydrogens (tertiary/aromatic N) is 1. The first-order valence-corrected chi connectivity index (χ1v) is 7.28. The Morgan fingerprint density at radius 1 is 1.22 bits per heavy atom. The number of carbonyl (C=O) groups is 2. The second-order valence-corrected chi connectivity index (χ2v) is 5.36. The number of pyridine rings is 1. The number of amides is 2. The molecular formula is C16H16ClN3O3. The van der Waals surface area contributed by atoms with Crippen LogP contribution in [0.2, 0.25) is 5.15 Å². The first-order chi connectivity index (χ1) is 11.0. The van der Waals surface area contributed by atoms with Gasteiger partial charge in [-0.05, 0) is 17.2 Å². The van der Waals surface area contributed by atoms with Gasteiger partial charge < -0.3 is 16.2 Å². The van der Waals surface area contributed by atoms with Gasteiger partial charge in [0.1, 0.15) is 11.2 Å². The lowest BCUT2D eigenvalue weighted by Gasteiger charge is -2.18. The fraction of sp³-hybridized carbons (Fsp3) is 0.188. The number of hydrogen-bond acceptors (Lipinski definition) is 4. The Morgan fingerprint density at radius 2 is 1.91 bits per heavy atom. The number of rotatable bonds is 6. The van der Waals surface area contributed by atoms with Crippen molar-refractivity contribution in [3.8, 4) is 0 Å². The maximum absolute atomic E-state index is 12.1. The summed E-state index contributed by atoms with van der Waals surface area (Å²) in [7, 11) is 0. The molecule has 0 radical (unpaired) electrons. The third kappa shape index (κ3) is 4.77. The van der Waals surface area contributed by atoms with Crippen LogP contribution in [0.25, 0.3) is 0 Å². The van der Waals surface area contributed by atoms with E-state index < -0.39 is 24.0 Å². The van der Waals surface area contributed by atoms with Crippen molar-refractivity contribution in [2.75, 3.05) is 0 Å². The van der Waals surface area contributed by atoms with E-state index in [1.807, 2.05) is 0 Å². The molecule has 6 nitrogen and oxygen atoms in total. The second kappa shape index (κ2) is 7.71. The number of halogens is 1. The van der Waals surface area contributed by atoms with Crippen molar-refractivity contribution >= 4 is 23.4 Å². The maximum atomic E-state index is 12.1. The van der Waals surface area contributed by atoms with E-state index in [1.165, 1.54) is 6.20 Å². The Morgan fingerprint density at radius 3 is 2.48 bits per heavy atom.